The molecular weight excluding hydrogens is 379 g/mol. The van der Waals surface area contributed by atoms with Gasteiger partial charge in [-0.25, -0.2) is 4.98 Å². The number of carbonyl (C=O) groups is 1. The van der Waals surface area contributed by atoms with Gasteiger partial charge in [0.2, 0.25) is 5.88 Å². The number of hydrogen-bond acceptors (Lipinski definition) is 5. The molecule has 0 saturated carbocycles. The highest BCUT2D eigenvalue weighted by molar-refractivity contribution is 6.32. The number of halogens is 2. The Kier molecular flexibility index (Phi) is 6.19. The van der Waals surface area contributed by atoms with E-state index in [9.17, 15) is 4.79 Å². The second-order valence-corrected chi connectivity index (χ2v) is 6.56. The van der Waals surface area contributed by atoms with Gasteiger partial charge in [0, 0.05) is 24.7 Å². The maximum atomic E-state index is 12.4. The second kappa shape index (κ2) is 8.58. The molecule has 1 fully saturated rings. The zero-order valence-electron chi connectivity index (χ0n) is 14.1. The zero-order chi connectivity index (χ0) is 18.5. The molecule has 1 aliphatic rings. The zero-order valence-corrected chi connectivity index (χ0v) is 15.6. The van der Waals surface area contributed by atoms with E-state index in [2.05, 4.69) is 10.3 Å². The smallest absolute Gasteiger partial charge is 0.257 e. The number of aromatic nitrogens is 1. The lowest BCUT2D eigenvalue weighted by molar-refractivity contribution is 0.0238. The van der Waals surface area contributed by atoms with Gasteiger partial charge in [0.15, 0.2) is 0 Å². The molecule has 1 aromatic carbocycles. The van der Waals surface area contributed by atoms with Gasteiger partial charge in [-0.2, -0.15) is 0 Å². The van der Waals surface area contributed by atoms with Crippen molar-refractivity contribution in [1.29, 1.82) is 0 Å². The molecule has 0 atom stereocenters. The summed E-state index contributed by atoms with van der Waals surface area (Å²) in [5.74, 6) is 0.504. The maximum Gasteiger partial charge on any atom is 0.257 e. The van der Waals surface area contributed by atoms with Gasteiger partial charge >= 0.3 is 0 Å². The van der Waals surface area contributed by atoms with Crippen LogP contribution in [0.5, 0.6) is 11.6 Å². The normalized spacial score (nSPS) is 14.7. The molecule has 8 heteroatoms. The molecule has 1 N–H and O–H groups in total. The van der Waals surface area contributed by atoms with E-state index in [0.29, 0.717) is 41.1 Å². The Morgan fingerprint density at radius 2 is 2.00 bits per heavy atom. The summed E-state index contributed by atoms with van der Waals surface area (Å²) in [6.07, 6.45) is 3.03. The van der Waals surface area contributed by atoms with Crippen molar-refractivity contribution in [3.05, 3.63) is 46.1 Å². The van der Waals surface area contributed by atoms with Crippen LogP contribution in [0.2, 0.25) is 10.0 Å². The molecule has 0 radical (unpaired) electrons. The van der Waals surface area contributed by atoms with Gasteiger partial charge in [0.05, 0.1) is 30.9 Å². The monoisotopic (exact) mass is 396 g/mol. The highest BCUT2D eigenvalue weighted by Crippen LogP contribution is 2.28. The van der Waals surface area contributed by atoms with E-state index in [1.54, 1.807) is 18.2 Å². The number of hydrogen-bond donors (Lipinski definition) is 1. The summed E-state index contributed by atoms with van der Waals surface area (Å²) in [6, 6.07) is 6.51. The highest BCUT2D eigenvalue weighted by Gasteiger charge is 2.18. The van der Waals surface area contributed by atoms with Crippen molar-refractivity contribution in [3.8, 4) is 11.6 Å². The van der Waals surface area contributed by atoms with E-state index in [-0.39, 0.29) is 17.0 Å². The summed E-state index contributed by atoms with van der Waals surface area (Å²) in [6.45, 7) is 1.32. The van der Waals surface area contributed by atoms with Crippen LogP contribution < -0.4 is 14.8 Å². The minimum Gasteiger partial charge on any atom is -0.495 e. The Bertz CT molecular complexity index is 795. The molecule has 138 valence electrons. The van der Waals surface area contributed by atoms with Crippen LogP contribution in [0.25, 0.3) is 0 Å². The summed E-state index contributed by atoms with van der Waals surface area (Å²) in [7, 11) is 1.52. The van der Waals surface area contributed by atoms with Crippen LogP contribution in [-0.4, -0.2) is 37.3 Å². The molecule has 1 amide bonds. The number of ether oxygens (including phenoxy) is 3. The predicted octanol–water partition coefficient (Wildman–Crippen LogP) is 4.21. The van der Waals surface area contributed by atoms with Crippen molar-refractivity contribution in [3.63, 3.8) is 0 Å². The molecule has 0 spiro atoms. The van der Waals surface area contributed by atoms with Gasteiger partial charge in [0.25, 0.3) is 5.91 Å². The number of carbonyl (C=O) groups excluding carboxylic acids is 1. The first-order chi connectivity index (χ1) is 12.6. The lowest BCUT2D eigenvalue weighted by atomic mass is 10.1. The maximum absolute atomic E-state index is 12.4. The first-order valence-corrected chi connectivity index (χ1v) is 8.87. The van der Waals surface area contributed by atoms with E-state index in [0.717, 1.165) is 12.8 Å². The van der Waals surface area contributed by atoms with Crippen LogP contribution >= 0.6 is 23.2 Å². The first-order valence-electron chi connectivity index (χ1n) is 8.11. The molecule has 0 unspecified atom stereocenters. The van der Waals surface area contributed by atoms with Crippen LogP contribution in [0, 0.1) is 0 Å². The van der Waals surface area contributed by atoms with E-state index in [1.807, 2.05) is 0 Å². The summed E-state index contributed by atoms with van der Waals surface area (Å²) in [5, 5.41) is 3.44. The van der Waals surface area contributed by atoms with Crippen molar-refractivity contribution >= 4 is 34.8 Å². The third kappa shape index (κ3) is 4.58. The van der Waals surface area contributed by atoms with Gasteiger partial charge in [-0.1, -0.05) is 23.2 Å². The van der Waals surface area contributed by atoms with Crippen LogP contribution in [0.1, 0.15) is 23.2 Å². The number of rotatable bonds is 5. The SMILES string of the molecule is COc1ccc(NC(=O)c2cnc(OC3CCOCC3)c(Cl)c2)cc1Cl. The predicted molar refractivity (Wildman–Crippen MR) is 99.7 cm³/mol. The van der Waals surface area contributed by atoms with Crippen molar-refractivity contribution in [1.82, 2.24) is 4.98 Å². The molecular formula is C18H18Cl2N2O4. The number of benzene rings is 1. The van der Waals surface area contributed by atoms with Gasteiger partial charge in [0.1, 0.15) is 16.9 Å². The quantitative estimate of drug-likeness (QED) is 0.819. The summed E-state index contributed by atoms with van der Waals surface area (Å²) < 4.78 is 16.2. The summed E-state index contributed by atoms with van der Waals surface area (Å²) >= 11 is 12.3. The van der Waals surface area contributed by atoms with Crippen LogP contribution in [0.15, 0.2) is 30.5 Å². The van der Waals surface area contributed by atoms with Gasteiger partial charge in [-0.15, -0.1) is 0 Å². The lowest BCUT2D eigenvalue weighted by Gasteiger charge is -2.23. The Balaban J connectivity index is 1.67. The minimum absolute atomic E-state index is 0.0230. The number of amides is 1. The fourth-order valence-corrected chi connectivity index (χ4v) is 3.00. The fourth-order valence-electron chi connectivity index (χ4n) is 2.54. The van der Waals surface area contributed by atoms with Gasteiger partial charge < -0.3 is 19.5 Å². The standard InChI is InChI=1S/C18H18Cl2N2O4/c1-24-16-3-2-12(9-14(16)19)22-17(23)11-8-15(20)18(21-10-11)26-13-4-6-25-7-5-13/h2-3,8-10,13H,4-7H2,1H3,(H,22,23). The Morgan fingerprint density at radius 1 is 1.23 bits per heavy atom. The number of anilines is 1. The number of nitrogens with zero attached hydrogens (tertiary/aromatic N) is 1. The molecule has 2 heterocycles. The Labute approximate surface area is 161 Å². The highest BCUT2D eigenvalue weighted by atomic mass is 35.5. The van der Waals surface area contributed by atoms with Crippen LogP contribution in [0.3, 0.4) is 0 Å². The van der Waals surface area contributed by atoms with Crippen molar-refractivity contribution in [2.24, 2.45) is 0 Å². The molecule has 1 saturated heterocycles. The molecule has 6 nitrogen and oxygen atoms in total. The fraction of sp³-hybridized carbons (Fsp3) is 0.333. The molecule has 1 aliphatic heterocycles. The second-order valence-electron chi connectivity index (χ2n) is 5.74. The molecule has 2 aromatic rings. The first kappa shape index (κ1) is 18.8. The summed E-state index contributed by atoms with van der Waals surface area (Å²) in [5.41, 5.74) is 0.862. The van der Waals surface area contributed by atoms with Crippen molar-refractivity contribution in [2.45, 2.75) is 18.9 Å². The number of nitrogens with one attached hydrogen (secondary N) is 1. The van der Waals surface area contributed by atoms with E-state index >= 15 is 0 Å². The molecule has 0 bridgehead atoms. The third-order valence-corrected chi connectivity index (χ3v) is 4.49. The lowest BCUT2D eigenvalue weighted by Crippen LogP contribution is -2.26. The average Bonchev–Trinajstić information content (AvgIpc) is 2.64. The summed E-state index contributed by atoms with van der Waals surface area (Å²) in [4.78, 5) is 16.6. The molecule has 26 heavy (non-hydrogen) atoms. The minimum atomic E-state index is -0.349. The third-order valence-electron chi connectivity index (χ3n) is 3.93. The van der Waals surface area contributed by atoms with E-state index < -0.39 is 0 Å². The molecule has 0 aliphatic carbocycles. The van der Waals surface area contributed by atoms with Gasteiger partial charge in [-0.3, -0.25) is 4.79 Å². The Hall–Kier alpha value is -2.02. The van der Waals surface area contributed by atoms with Crippen LogP contribution in [0.4, 0.5) is 5.69 Å². The number of methoxy groups -OCH3 is 1. The number of pyridine rings is 1. The topological polar surface area (TPSA) is 69.7 Å². The van der Waals surface area contributed by atoms with Crippen LogP contribution in [-0.2, 0) is 4.74 Å². The van der Waals surface area contributed by atoms with E-state index in [1.165, 1.54) is 19.4 Å². The van der Waals surface area contributed by atoms with Gasteiger partial charge in [-0.05, 0) is 24.3 Å². The molecule has 1 aromatic heterocycles. The average molecular weight is 397 g/mol. The molecule has 3 rings (SSSR count). The van der Waals surface area contributed by atoms with Crippen molar-refractivity contribution in [2.75, 3.05) is 25.6 Å². The van der Waals surface area contributed by atoms with Crippen molar-refractivity contribution < 1.29 is 19.0 Å². The van der Waals surface area contributed by atoms with E-state index in [4.69, 9.17) is 37.4 Å². The largest absolute Gasteiger partial charge is 0.495 e. The Morgan fingerprint density at radius 3 is 2.65 bits per heavy atom.